The molecule has 21 heavy (non-hydrogen) atoms. The molecule has 0 atom stereocenters. The molecular formula is C17H23NO3. The first-order valence-corrected chi connectivity index (χ1v) is 7.40. The van der Waals surface area contributed by atoms with Crippen molar-refractivity contribution in [3.05, 3.63) is 30.5 Å². The summed E-state index contributed by atoms with van der Waals surface area (Å²) in [4.78, 5) is 11.1. The Morgan fingerprint density at radius 2 is 2.10 bits per heavy atom. The van der Waals surface area contributed by atoms with Crippen LogP contribution in [0.3, 0.4) is 0 Å². The summed E-state index contributed by atoms with van der Waals surface area (Å²) in [7, 11) is 0. The average Bonchev–Trinajstić information content (AvgIpc) is 2.83. The van der Waals surface area contributed by atoms with Gasteiger partial charge in [-0.1, -0.05) is 6.07 Å². The zero-order valence-corrected chi connectivity index (χ0v) is 12.9. The van der Waals surface area contributed by atoms with Gasteiger partial charge in [0.1, 0.15) is 5.75 Å². The quantitative estimate of drug-likeness (QED) is 0.840. The Bertz CT molecular complexity index is 628. The number of carboxylic acid groups (broad SMARTS) is 1. The van der Waals surface area contributed by atoms with Gasteiger partial charge in [0.15, 0.2) is 0 Å². The van der Waals surface area contributed by atoms with Crippen LogP contribution >= 0.6 is 0 Å². The van der Waals surface area contributed by atoms with E-state index in [0.717, 1.165) is 29.6 Å². The molecular weight excluding hydrogens is 266 g/mol. The molecule has 1 aromatic heterocycles. The van der Waals surface area contributed by atoms with E-state index in [-0.39, 0.29) is 0 Å². The Morgan fingerprint density at radius 3 is 2.76 bits per heavy atom. The van der Waals surface area contributed by atoms with Gasteiger partial charge in [0, 0.05) is 18.1 Å². The Labute approximate surface area is 125 Å². The van der Waals surface area contributed by atoms with Gasteiger partial charge >= 0.3 is 5.97 Å². The van der Waals surface area contributed by atoms with Gasteiger partial charge in [-0.05, 0) is 51.8 Å². The van der Waals surface area contributed by atoms with Crippen LogP contribution in [-0.2, 0) is 11.3 Å². The van der Waals surface area contributed by atoms with Crippen LogP contribution in [0.1, 0.15) is 33.6 Å². The van der Waals surface area contributed by atoms with Gasteiger partial charge in [0.2, 0.25) is 0 Å². The van der Waals surface area contributed by atoms with E-state index in [4.69, 9.17) is 9.84 Å². The largest absolute Gasteiger partial charge is 0.493 e. The summed E-state index contributed by atoms with van der Waals surface area (Å²) in [5.41, 5.74) is 0.466. The third-order valence-corrected chi connectivity index (χ3v) is 3.85. The van der Waals surface area contributed by atoms with Crippen molar-refractivity contribution < 1.29 is 14.6 Å². The molecule has 0 aliphatic heterocycles. The molecule has 0 aliphatic rings. The molecule has 4 heteroatoms. The molecule has 0 fully saturated rings. The molecule has 0 spiro atoms. The molecule has 0 bridgehead atoms. The van der Waals surface area contributed by atoms with E-state index in [1.54, 1.807) is 13.8 Å². The molecule has 0 saturated heterocycles. The van der Waals surface area contributed by atoms with Gasteiger partial charge in [-0.15, -0.1) is 0 Å². The van der Waals surface area contributed by atoms with Crippen LogP contribution in [0.5, 0.6) is 5.75 Å². The zero-order chi connectivity index (χ0) is 15.5. The molecule has 1 aromatic carbocycles. The highest BCUT2D eigenvalue weighted by atomic mass is 16.5. The highest BCUT2D eigenvalue weighted by Crippen LogP contribution is 2.28. The first kappa shape index (κ1) is 15.4. The SMILES string of the molecule is CCOc1cccc2c1ccn2CCCC(C)(C)C(=O)O. The molecule has 114 valence electrons. The second-order valence-electron chi connectivity index (χ2n) is 5.92. The van der Waals surface area contributed by atoms with Crippen LogP contribution in [-0.4, -0.2) is 22.2 Å². The number of aromatic nitrogens is 1. The molecule has 1 heterocycles. The minimum absolute atomic E-state index is 0.650. The lowest BCUT2D eigenvalue weighted by molar-refractivity contribution is -0.147. The topological polar surface area (TPSA) is 51.5 Å². The molecule has 0 amide bonds. The smallest absolute Gasteiger partial charge is 0.309 e. The number of rotatable bonds is 7. The lowest BCUT2D eigenvalue weighted by Gasteiger charge is -2.19. The number of hydrogen-bond donors (Lipinski definition) is 1. The molecule has 4 nitrogen and oxygen atoms in total. The number of fused-ring (bicyclic) bond motifs is 1. The number of ether oxygens (including phenoxy) is 1. The van der Waals surface area contributed by atoms with E-state index < -0.39 is 11.4 Å². The van der Waals surface area contributed by atoms with E-state index in [9.17, 15) is 4.79 Å². The number of aliphatic carboxylic acids is 1. The Hall–Kier alpha value is -1.97. The number of benzene rings is 1. The number of carboxylic acids is 1. The predicted molar refractivity (Wildman–Crippen MR) is 83.8 cm³/mol. The summed E-state index contributed by atoms with van der Waals surface area (Å²) in [6.45, 7) is 6.99. The second-order valence-corrected chi connectivity index (χ2v) is 5.92. The van der Waals surface area contributed by atoms with Crippen LogP contribution in [0.25, 0.3) is 10.9 Å². The highest BCUT2D eigenvalue weighted by Gasteiger charge is 2.26. The van der Waals surface area contributed by atoms with Crippen molar-refractivity contribution in [2.45, 2.75) is 40.2 Å². The maximum atomic E-state index is 11.1. The van der Waals surface area contributed by atoms with Crippen LogP contribution in [0.4, 0.5) is 0 Å². The van der Waals surface area contributed by atoms with Gasteiger partial charge in [-0.25, -0.2) is 0 Å². The molecule has 0 radical (unpaired) electrons. The monoisotopic (exact) mass is 289 g/mol. The van der Waals surface area contributed by atoms with E-state index in [1.165, 1.54) is 0 Å². The van der Waals surface area contributed by atoms with Crippen molar-refractivity contribution in [3.8, 4) is 5.75 Å². The summed E-state index contributed by atoms with van der Waals surface area (Å²) < 4.78 is 7.79. The third-order valence-electron chi connectivity index (χ3n) is 3.85. The Kier molecular flexibility index (Phi) is 4.56. The fourth-order valence-electron chi connectivity index (χ4n) is 2.47. The first-order chi connectivity index (χ1) is 9.95. The van der Waals surface area contributed by atoms with Gasteiger partial charge in [0.05, 0.1) is 17.5 Å². The summed E-state index contributed by atoms with van der Waals surface area (Å²) in [5, 5.41) is 10.3. The Morgan fingerprint density at radius 1 is 1.33 bits per heavy atom. The van der Waals surface area contributed by atoms with Crippen molar-refractivity contribution in [2.24, 2.45) is 5.41 Å². The van der Waals surface area contributed by atoms with Crippen molar-refractivity contribution in [2.75, 3.05) is 6.61 Å². The summed E-state index contributed by atoms with van der Waals surface area (Å²) in [5.74, 6) is 0.165. The van der Waals surface area contributed by atoms with Crippen molar-refractivity contribution in [1.82, 2.24) is 4.57 Å². The lowest BCUT2D eigenvalue weighted by atomic mass is 9.88. The minimum Gasteiger partial charge on any atom is -0.493 e. The van der Waals surface area contributed by atoms with Gasteiger partial charge in [-0.3, -0.25) is 4.79 Å². The highest BCUT2D eigenvalue weighted by molar-refractivity contribution is 5.86. The predicted octanol–water partition coefficient (Wildman–Crippen LogP) is 3.93. The molecule has 0 unspecified atom stereocenters. The summed E-state index contributed by atoms with van der Waals surface area (Å²) >= 11 is 0. The van der Waals surface area contributed by atoms with Crippen LogP contribution in [0.15, 0.2) is 30.5 Å². The summed E-state index contributed by atoms with van der Waals surface area (Å²) in [6, 6.07) is 8.09. The van der Waals surface area contributed by atoms with Crippen LogP contribution in [0, 0.1) is 5.41 Å². The van der Waals surface area contributed by atoms with E-state index in [1.807, 2.05) is 25.3 Å². The van der Waals surface area contributed by atoms with E-state index in [2.05, 4.69) is 16.7 Å². The Balaban J connectivity index is 2.10. The van der Waals surface area contributed by atoms with Crippen LogP contribution in [0.2, 0.25) is 0 Å². The number of carbonyl (C=O) groups is 1. The average molecular weight is 289 g/mol. The molecule has 0 saturated carbocycles. The fourth-order valence-corrected chi connectivity index (χ4v) is 2.47. The fraction of sp³-hybridized carbons (Fsp3) is 0.471. The van der Waals surface area contributed by atoms with Crippen molar-refractivity contribution in [3.63, 3.8) is 0 Å². The zero-order valence-electron chi connectivity index (χ0n) is 12.9. The van der Waals surface area contributed by atoms with E-state index >= 15 is 0 Å². The first-order valence-electron chi connectivity index (χ1n) is 7.40. The van der Waals surface area contributed by atoms with Crippen molar-refractivity contribution in [1.29, 1.82) is 0 Å². The molecule has 0 aliphatic carbocycles. The minimum atomic E-state index is -0.738. The molecule has 1 N–H and O–H groups in total. The van der Waals surface area contributed by atoms with Crippen molar-refractivity contribution >= 4 is 16.9 Å². The number of nitrogens with zero attached hydrogens (tertiary/aromatic N) is 1. The standard InChI is InChI=1S/C17H23NO3/c1-4-21-15-8-5-7-14-13(15)9-12-18(14)11-6-10-17(2,3)16(19)20/h5,7-9,12H,4,6,10-11H2,1-3H3,(H,19,20). The lowest BCUT2D eigenvalue weighted by Crippen LogP contribution is -2.23. The third kappa shape index (κ3) is 3.38. The maximum Gasteiger partial charge on any atom is 0.309 e. The van der Waals surface area contributed by atoms with Crippen LogP contribution < -0.4 is 4.74 Å². The number of hydrogen-bond acceptors (Lipinski definition) is 2. The summed E-state index contributed by atoms with van der Waals surface area (Å²) in [6.07, 6.45) is 3.54. The van der Waals surface area contributed by atoms with E-state index in [0.29, 0.717) is 13.0 Å². The van der Waals surface area contributed by atoms with Gasteiger partial charge < -0.3 is 14.4 Å². The van der Waals surface area contributed by atoms with Gasteiger partial charge in [-0.2, -0.15) is 0 Å². The molecule has 2 rings (SSSR count). The van der Waals surface area contributed by atoms with Gasteiger partial charge in [0.25, 0.3) is 0 Å². The normalized spacial score (nSPS) is 11.8. The second kappa shape index (κ2) is 6.20. The maximum absolute atomic E-state index is 11.1. The molecule has 2 aromatic rings. The number of aryl methyl sites for hydroxylation is 1.